The standard InChI is InChI=1S/C11H15N3OS/c1-8-14-10(7-16-8)11(15)13-6-9-2-4-12-5-3-9/h2,7,12H,3-6H2,1H3,(H,13,15). The fourth-order valence-corrected chi connectivity index (χ4v) is 2.18. The van der Waals surface area contributed by atoms with Gasteiger partial charge in [-0.05, 0) is 19.9 Å². The molecule has 0 saturated heterocycles. The number of amides is 1. The van der Waals surface area contributed by atoms with E-state index in [0.29, 0.717) is 12.2 Å². The second kappa shape index (κ2) is 5.23. The Hall–Kier alpha value is -1.20. The van der Waals surface area contributed by atoms with Gasteiger partial charge < -0.3 is 10.6 Å². The second-order valence-electron chi connectivity index (χ2n) is 3.75. The first-order valence-electron chi connectivity index (χ1n) is 5.34. The maximum Gasteiger partial charge on any atom is 0.271 e. The van der Waals surface area contributed by atoms with Crippen molar-refractivity contribution in [3.63, 3.8) is 0 Å². The van der Waals surface area contributed by atoms with E-state index in [0.717, 1.165) is 24.5 Å². The molecule has 5 heteroatoms. The quantitative estimate of drug-likeness (QED) is 0.774. The zero-order valence-corrected chi connectivity index (χ0v) is 10.1. The summed E-state index contributed by atoms with van der Waals surface area (Å²) in [5, 5.41) is 8.84. The molecule has 0 aromatic carbocycles. The third-order valence-corrected chi connectivity index (χ3v) is 3.26. The number of carbonyl (C=O) groups excluding carboxylic acids is 1. The fraction of sp³-hybridized carbons (Fsp3) is 0.455. The van der Waals surface area contributed by atoms with Crippen molar-refractivity contribution in [2.75, 3.05) is 19.6 Å². The number of carbonyl (C=O) groups is 1. The largest absolute Gasteiger partial charge is 0.347 e. The smallest absolute Gasteiger partial charge is 0.271 e. The van der Waals surface area contributed by atoms with Crippen LogP contribution in [0.25, 0.3) is 0 Å². The van der Waals surface area contributed by atoms with Crippen LogP contribution in [0.5, 0.6) is 0 Å². The van der Waals surface area contributed by atoms with Crippen LogP contribution in [-0.2, 0) is 0 Å². The Labute approximate surface area is 98.8 Å². The molecule has 4 nitrogen and oxygen atoms in total. The van der Waals surface area contributed by atoms with Gasteiger partial charge in [-0.25, -0.2) is 4.98 Å². The van der Waals surface area contributed by atoms with E-state index in [9.17, 15) is 4.79 Å². The van der Waals surface area contributed by atoms with Gasteiger partial charge in [0.1, 0.15) is 5.69 Å². The molecule has 0 saturated carbocycles. The Morgan fingerprint density at radius 2 is 2.56 bits per heavy atom. The van der Waals surface area contributed by atoms with E-state index in [4.69, 9.17) is 0 Å². The van der Waals surface area contributed by atoms with Gasteiger partial charge in [-0.15, -0.1) is 11.3 Å². The summed E-state index contributed by atoms with van der Waals surface area (Å²) in [6, 6.07) is 0. The van der Waals surface area contributed by atoms with Gasteiger partial charge in [0.15, 0.2) is 0 Å². The molecule has 2 heterocycles. The summed E-state index contributed by atoms with van der Waals surface area (Å²) in [6.07, 6.45) is 3.15. The van der Waals surface area contributed by atoms with E-state index >= 15 is 0 Å². The molecule has 1 aliphatic heterocycles. The minimum Gasteiger partial charge on any atom is -0.347 e. The lowest BCUT2D eigenvalue weighted by atomic mass is 10.1. The van der Waals surface area contributed by atoms with E-state index in [1.165, 1.54) is 16.9 Å². The number of hydrogen-bond donors (Lipinski definition) is 2. The van der Waals surface area contributed by atoms with Crippen molar-refractivity contribution in [1.82, 2.24) is 15.6 Å². The highest BCUT2D eigenvalue weighted by Crippen LogP contribution is 2.08. The summed E-state index contributed by atoms with van der Waals surface area (Å²) in [6.45, 7) is 4.44. The molecular weight excluding hydrogens is 222 g/mol. The number of thiazole rings is 1. The van der Waals surface area contributed by atoms with Gasteiger partial charge in [-0.2, -0.15) is 0 Å². The van der Waals surface area contributed by atoms with Crippen molar-refractivity contribution in [3.05, 3.63) is 27.7 Å². The number of aromatic nitrogens is 1. The fourth-order valence-electron chi connectivity index (χ4n) is 1.58. The third-order valence-electron chi connectivity index (χ3n) is 2.49. The van der Waals surface area contributed by atoms with Crippen LogP contribution in [0.1, 0.15) is 21.9 Å². The van der Waals surface area contributed by atoms with E-state index in [-0.39, 0.29) is 5.91 Å². The van der Waals surface area contributed by atoms with Crippen molar-refractivity contribution < 1.29 is 4.79 Å². The van der Waals surface area contributed by atoms with Crippen molar-refractivity contribution in [1.29, 1.82) is 0 Å². The van der Waals surface area contributed by atoms with Gasteiger partial charge in [0.05, 0.1) is 5.01 Å². The zero-order valence-electron chi connectivity index (χ0n) is 9.25. The summed E-state index contributed by atoms with van der Waals surface area (Å²) in [4.78, 5) is 15.8. The van der Waals surface area contributed by atoms with Gasteiger partial charge in [0.25, 0.3) is 5.91 Å². The number of aryl methyl sites for hydroxylation is 1. The molecule has 2 rings (SSSR count). The van der Waals surface area contributed by atoms with Crippen LogP contribution in [0, 0.1) is 6.92 Å². The summed E-state index contributed by atoms with van der Waals surface area (Å²) < 4.78 is 0. The van der Waals surface area contributed by atoms with Gasteiger partial charge in [0, 0.05) is 18.5 Å². The van der Waals surface area contributed by atoms with E-state index in [2.05, 4.69) is 21.7 Å². The predicted molar refractivity (Wildman–Crippen MR) is 64.8 cm³/mol. The highest BCUT2D eigenvalue weighted by atomic mass is 32.1. The lowest BCUT2D eigenvalue weighted by Gasteiger charge is -2.14. The molecule has 0 radical (unpaired) electrons. The maximum absolute atomic E-state index is 11.7. The van der Waals surface area contributed by atoms with E-state index < -0.39 is 0 Å². The zero-order chi connectivity index (χ0) is 11.4. The summed E-state index contributed by atoms with van der Waals surface area (Å²) in [7, 11) is 0. The van der Waals surface area contributed by atoms with Crippen LogP contribution in [-0.4, -0.2) is 30.5 Å². The molecule has 0 fully saturated rings. The molecule has 0 unspecified atom stereocenters. The Morgan fingerprint density at radius 1 is 1.69 bits per heavy atom. The summed E-state index contributed by atoms with van der Waals surface area (Å²) in [5.41, 5.74) is 1.82. The predicted octanol–water partition coefficient (Wildman–Crippen LogP) is 1.10. The molecule has 2 N–H and O–H groups in total. The van der Waals surface area contributed by atoms with Crippen LogP contribution < -0.4 is 10.6 Å². The molecule has 1 amide bonds. The van der Waals surface area contributed by atoms with Crippen LogP contribution in [0.3, 0.4) is 0 Å². The van der Waals surface area contributed by atoms with Gasteiger partial charge >= 0.3 is 0 Å². The average molecular weight is 237 g/mol. The minimum absolute atomic E-state index is 0.0798. The van der Waals surface area contributed by atoms with E-state index in [1.54, 1.807) is 5.38 Å². The first-order valence-corrected chi connectivity index (χ1v) is 6.22. The summed E-state index contributed by atoms with van der Waals surface area (Å²) in [5.74, 6) is -0.0798. The Bertz CT molecular complexity index is 411. The lowest BCUT2D eigenvalue weighted by Crippen LogP contribution is -2.29. The lowest BCUT2D eigenvalue weighted by molar-refractivity contribution is 0.0952. The van der Waals surface area contributed by atoms with Crippen LogP contribution in [0.15, 0.2) is 17.0 Å². The average Bonchev–Trinajstić information content (AvgIpc) is 2.74. The van der Waals surface area contributed by atoms with Crippen molar-refractivity contribution in [2.45, 2.75) is 13.3 Å². The second-order valence-corrected chi connectivity index (χ2v) is 4.81. The monoisotopic (exact) mass is 237 g/mol. The maximum atomic E-state index is 11.7. The van der Waals surface area contributed by atoms with Crippen molar-refractivity contribution in [3.8, 4) is 0 Å². The first-order chi connectivity index (χ1) is 7.75. The first kappa shape index (κ1) is 11.3. The van der Waals surface area contributed by atoms with E-state index in [1.807, 2.05) is 6.92 Å². The highest BCUT2D eigenvalue weighted by Gasteiger charge is 2.10. The van der Waals surface area contributed by atoms with Crippen LogP contribution >= 0.6 is 11.3 Å². The number of rotatable bonds is 3. The topological polar surface area (TPSA) is 54.0 Å². The number of nitrogens with zero attached hydrogens (tertiary/aromatic N) is 1. The Balaban J connectivity index is 1.86. The molecule has 0 spiro atoms. The van der Waals surface area contributed by atoms with Gasteiger partial charge in [-0.1, -0.05) is 11.6 Å². The molecule has 0 atom stereocenters. The number of hydrogen-bond acceptors (Lipinski definition) is 4. The molecule has 1 aliphatic rings. The molecule has 1 aromatic heterocycles. The van der Waals surface area contributed by atoms with Crippen LogP contribution in [0.2, 0.25) is 0 Å². The molecule has 16 heavy (non-hydrogen) atoms. The third kappa shape index (κ3) is 2.90. The summed E-state index contributed by atoms with van der Waals surface area (Å²) >= 11 is 1.50. The normalized spacial score (nSPS) is 15.7. The molecular formula is C11H15N3OS. The van der Waals surface area contributed by atoms with Gasteiger partial charge in [-0.3, -0.25) is 4.79 Å². The van der Waals surface area contributed by atoms with Crippen molar-refractivity contribution >= 4 is 17.2 Å². The van der Waals surface area contributed by atoms with Crippen LogP contribution in [0.4, 0.5) is 0 Å². The number of nitrogens with one attached hydrogen (secondary N) is 2. The highest BCUT2D eigenvalue weighted by molar-refractivity contribution is 7.09. The minimum atomic E-state index is -0.0798. The molecule has 86 valence electrons. The Kier molecular flexibility index (Phi) is 3.69. The SMILES string of the molecule is Cc1nc(C(=O)NCC2=CCNCC2)cs1. The molecule has 0 aliphatic carbocycles. The molecule has 0 bridgehead atoms. The van der Waals surface area contributed by atoms with Crippen molar-refractivity contribution in [2.24, 2.45) is 0 Å². The van der Waals surface area contributed by atoms with Gasteiger partial charge in [0.2, 0.25) is 0 Å². The molecule has 1 aromatic rings. The Morgan fingerprint density at radius 3 is 3.19 bits per heavy atom.